The van der Waals surface area contributed by atoms with Crippen molar-refractivity contribution in [2.45, 2.75) is 40.2 Å². The summed E-state index contributed by atoms with van der Waals surface area (Å²) in [5.41, 5.74) is 7.44. The van der Waals surface area contributed by atoms with Crippen molar-refractivity contribution in [3.05, 3.63) is 34.9 Å². The quantitative estimate of drug-likeness (QED) is 0.618. The number of ether oxygens (including phenoxy) is 2. The second-order valence-corrected chi connectivity index (χ2v) is 6.10. The maximum Gasteiger partial charge on any atom is 0.312 e. The highest BCUT2D eigenvalue weighted by molar-refractivity contribution is 5.99. The number of nitrogens with one attached hydrogen (secondary N) is 1. The highest BCUT2D eigenvalue weighted by Gasteiger charge is 2.37. The lowest BCUT2D eigenvalue weighted by Crippen LogP contribution is -2.52. The second-order valence-electron chi connectivity index (χ2n) is 6.10. The summed E-state index contributed by atoms with van der Waals surface area (Å²) in [6, 6.07) is 3.77. The van der Waals surface area contributed by atoms with Crippen LogP contribution in [-0.4, -0.2) is 43.0 Å². The second kappa shape index (κ2) is 10.3. The lowest BCUT2D eigenvalue weighted by molar-refractivity contribution is -0.156. The zero-order valence-corrected chi connectivity index (χ0v) is 16.0. The molecule has 0 radical (unpaired) electrons. The molecule has 0 unspecified atom stereocenters. The molecule has 0 aromatic heterocycles. The summed E-state index contributed by atoms with van der Waals surface area (Å²) in [5.74, 6) is -4.31. The predicted molar refractivity (Wildman–Crippen MR) is 97.7 cm³/mol. The Bertz CT molecular complexity index is 696. The van der Waals surface area contributed by atoms with Gasteiger partial charge in [0.25, 0.3) is 5.91 Å². The van der Waals surface area contributed by atoms with E-state index in [0.29, 0.717) is 5.56 Å². The Morgan fingerprint density at radius 1 is 1.00 bits per heavy atom. The highest BCUT2D eigenvalue weighted by atomic mass is 16.5. The van der Waals surface area contributed by atoms with Gasteiger partial charge in [-0.25, -0.2) is 0 Å². The van der Waals surface area contributed by atoms with E-state index < -0.39 is 42.1 Å². The molecule has 0 aliphatic rings. The molecule has 0 saturated carbocycles. The molecule has 0 aliphatic heterocycles. The normalized spacial score (nSPS) is 12.6. The van der Waals surface area contributed by atoms with Crippen LogP contribution in [0, 0.1) is 19.8 Å². The van der Waals surface area contributed by atoms with Crippen molar-refractivity contribution in [1.29, 1.82) is 0 Å². The maximum absolute atomic E-state index is 12.6. The van der Waals surface area contributed by atoms with Gasteiger partial charge in [-0.05, 0) is 39.8 Å². The minimum Gasteiger partial charge on any atom is -0.466 e. The summed E-state index contributed by atoms with van der Waals surface area (Å²) in [7, 11) is 0. The molecule has 148 valence electrons. The van der Waals surface area contributed by atoms with E-state index in [9.17, 15) is 19.2 Å². The van der Waals surface area contributed by atoms with Gasteiger partial charge < -0.3 is 20.5 Å². The van der Waals surface area contributed by atoms with Gasteiger partial charge in [0.1, 0.15) is 6.04 Å². The van der Waals surface area contributed by atoms with Gasteiger partial charge >= 0.3 is 11.9 Å². The molecule has 0 fully saturated rings. The van der Waals surface area contributed by atoms with E-state index >= 15 is 0 Å². The van der Waals surface area contributed by atoms with Gasteiger partial charge in [0.2, 0.25) is 5.91 Å². The van der Waals surface area contributed by atoms with Gasteiger partial charge in [-0.2, -0.15) is 0 Å². The van der Waals surface area contributed by atoms with E-state index in [1.54, 1.807) is 26.0 Å². The highest BCUT2D eigenvalue weighted by Crippen LogP contribution is 2.15. The largest absolute Gasteiger partial charge is 0.466 e. The third-order valence-corrected chi connectivity index (χ3v) is 3.76. The number of nitrogens with two attached hydrogens (primary N) is 1. The number of carbonyl (C=O) groups excluding carboxylic acids is 4. The maximum atomic E-state index is 12.6. The number of rotatable bonds is 9. The van der Waals surface area contributed by atoms with Gasteiger partial charge in [-0.15, -0.1) is 0 Å². The first kappa shape index (κ1) is 22.1. The summed E-state index contributed by atoms with van der Waals surface area (Å²) in [6.45, 7) is 7.03. The van der Waals surface area contributed by atoms with Crippen molar-refractivity contribution in [3.63, 3.8) is 0 Å². The minimum absolute atomic E-state index is 0.0503. The van der Waals surface area contributed by atoms with Crippen molar-refractivity contribution in [2.24, 2.45) is 11.7 Å². The first-order valence-corrected chi connectivity index (χ1v) is 8.70. The zero-order valence-electron chi connectivity index (χ0n) is 16.0. The Morgan fingerprint density at radius 2 is 1.56 bits per heavy atom. The summed E-state index contributed by atoms with van der Waals surface area (Å²) >= 11 is 0. The van der Waals surface area contributed by atoms with E-state index in [0.717, 1.165) is 11.1 Å². The lowest BCUT2D eigenvalue weighted by Gasteiger charge is -2.23. The van der Waals surface area contributed by atoms with E-state index in [-0.39, 0.29) is 13.2 Å². The fraction of sp³-hybridized carbons (Fsp3) is 0.474. The third kappa shape index (κ3) is 6.73. The molecule has 0 bridgehead atoms. The number of hydrogen-bond acceptors (Lipinski definition) is 6. The van der Waals surface area contributed by atoms with Gasteiger partial charge in [-0.1, -0.05) is 17.2 Å². The van der Waals surface area contributed by atoms with Gasteiger partial charge in [0.05, 0.1) is 25.6 Å². The average molecular weight is 378 g/mol. The summed E-state index contributed by atoms with van der Waals surface area (Å²) in [6.07, 6.45) is -0.437. The fourth-order valence-corrected chi connectivity index (χ4v) is 2.69. The number of amides is 2. The summed E-state index contributed by atoms with van der Waals surface area (Å²) in [5, 5.41) is 2.45. The molecule has 8 heteroatoms. The van der Waals surface area contributed by atoms with Crippen LogP contribution in [0.4, 0.5) is 0 Å². The third-order valence-electron chi connectivity index (χ3n) is 3.76. The van der Waals surface area contributed by atoms with Crippen LogP contribution in [0.15, 0.2) is 18.2 Å². The van der Waals surface area contributed by atoms with Crippen LogP contribution in [0.1, 0.15) is 41.8 Å². The summed E-state index contributed by atoms with van der Waals surface area (Å²) in [4.78, 5) is 48.6. The first-order valence-electron chi connectivity index (χ1n) is 8.70. The lowest BCUT2D eigenvalue weighted by atomic mass is 9.94. The molecule has 1 rings (SSSR count). The molecule has 2 atom stereocenters. The monoisotopic (exact) mass is 378 g/mol. The predicted octanol–water partition coefficient (Wildman–Crippen LogP) is 1.02. The molecule has 27 heavy (non-hydrogen) atoms. The standard InChI is InChI=1S/C19H26N2O6/c1-5-26-15(22)10-14(19(25)27-6-2)16(17(20)23)21-18(24)13-8-11(3)7-12(4)9-13/h7-9,14,16H,5-6,10H2,1-4H3,(H2,20,23)(H,21,24)/t14-,16+/m1/s1. The molecule has 0 heterocycles. The molecular formula is C19H26N2O6. The van der Waals surface area contributed by atoms with Crippen molar-refractivity contribution < 1.29 is 28.7 Å². The van der Waals surface area contributed by atoms with Crippen LogP contribution in [0.2, 0.25) is 0 Å². The van der Waals surface area contributed by atoms with E-state index in [2.05, 4.69) is 5.32 Å². The van der Waals surface area contributed by atoms with Crippen LogP contribution >= 0.6 is 0 Å². The first-order chi connectivity index (χ1) is 12.7. The SMILES string of the molecule is CCOC(=O)C[C@@H](C(=O)OCC)[C@H](NC(=O)c1cc(C)cc(C)c1)C(N)=O. The van der Waals surface area contributed by atoms with Gasteiger partial charge in [0.15, 0.2) is 0 Å². The Kier molecular flexibility index (Phi) is 8.44. The number of carbonyl (C=O) groups is 4. The minimum atomic E-state index is -1.42. The van der Waals surface area contributed by atoms with Crippen molar-refractivity contribution in [3.8, 4) is 0 Å². The molecule has 0 saturated heterocycles. The molecule has 0 aliphatic carbocycles. The van der Waals surface area contributed by atoms with Crippen molar-refractivity contribution in [2.75, 3.05) is 13.2 Å². The van der Waals surface area contributed by atoms with Crippen molar-refractivity contribution in [1.82, 2.24) is 5.32 Å². The number of benzene rings is 1. The molecule has 0 spiro atoms. The summed E-state index contributed by atoms with van der Waals surface area (Å²) < 4.78 is 9.77. The van der Waals surface area contributed by atoms with Gasteiger partial charge in [0, 0.05) is 5.56 Å². The molecule has 3 N–H and O–H groups in total. The van der Waals surface area contributed by atoms with E-state index in [1.165, 1.54) is 0 Å². The van der Waals surface area contributed by atoms with Crippen LogP contribution in [0.3, 0.4) is 0 Å². The average Bonchev–Trinajstić information content (AvgIpc) is 2.57. The fourth-order valence-electron chi connectivity index (χ4n) is 2.69. The molecular weight excluding hydrogens is 352 g/mol. The van der Waals surface area contributed by atoms with Crippen LogP contribution in [0.25, 0.3) is 0 Å². The van der Waals surface area contributed by atoms with Crippen molar-refractivity contribution >= 4 is 23.8 Å². The Balaban J connectivity index is 3.11. The van der Waals surface area contributed by atoms with Crippen LogP contribution in [-0.2, 0) is 23.9 Å². The molecule has 1 aromatic rings. The topological polar surface area (TPSA) is 125 Å². The molecule has 1 aromatic carbocycles. The number of primary amides is 1. The Hall–Kier alpha value is -2.90. The van der Waals surface area contributed by atoms with E-state index in [1.807, 2.05) is 19.9 Å². The Morgan fingerprint density at radius 3 is 2.04 bits per heavy atom. The van der Waals surface area contributed by atoms with E-state index in [4.69, 9.17) is 15.2 Å². The van der Waals surface area contributed by atoms with Crippen LogP contribution in [0.5, 0.6) is 0 Å². The smallest absolute Gasteiger partial charge is 0.312 e. The number of aryl methyl sites for hydroxylation is 2. The zero-order chi connectivity index (χ0) is 20.6. The van der Waals surface area contributed by atoms with Crippen LogP contribution < -0.4 is 11.1 Å². The molecule has 2 amide bonds. The molecule has 8 nitrogen and oxygen atoms in total. The number of esters is 2. The number of hydrogen-bond donors (Lipinski definition) is 2. The Labute approximate surface area is 158 Å². The van der Waals surface area contributed by atoms with Gasteiger partial charge in [-0.3, -0.25) is 19.2 Å².